The first-order valence-corrected chi connectivity index (χ1v) is 9.51. The summed E-state index contributed by atoms with van der Waals surface area (Å²) >= 11 is 0. The van der Waals surface area contributed by atoms with Crippen molar-refractivity contribution in [3.63, 3.8) is 0 Å². The molecule has 0 bridgehead atoms. The first kappa shape index (κ1) is 18.6. The van der Waals surface area contributed by atoms with Crippen molar-refractivity contribution >= 4 is 5.91 Å². The quantitative estimate of drug-likeness (QED) is 0.692. The second kappa shape index (κ2) is 9.48. The summed E-state index contributed by atoms with van der Waals surface area (Å²) in [5.41, 5.74) is 2.41. The topological polar surface area (TPSA) is 32.3 Å². The van der Waals surface area contributed by atoms with Gasteiger partial charge >= 0.3 is 0 Å². The Bertz CT molecular complexity index is 687. The zero-order chi connectivity index (χ0) is 18.2. The third-order valence-corrected chi connectivity index (χ3v) is 5.06. The van der Waals surface area contributed by atoms with Crippen LogP contribution in [0.25, 0.3) is 0 Å². The molecule has 1 saturated heterocycles. The molecule has 0 aliphatic carbocycles. The number of hydrogen-bond acceptors (Lipinski definition) is 2. The molecule has 1 fully saturated rings. The van der Waals surface area contributed by atoms with Crippen LogP contribution in [0.4, 0.5) is 4.39 Å². The van der Waals surface area contributed by atoms with E-state index in [2.05, 4.69) is 34.5 Å². The minimum Gasteiger partial charge on any atom is -0.340 e. The lowest BCUT2D eigenvalue weighted by molar-refractivity contribution is -0.129. The molecule has 1 heterocycles. The first-order valence-electron chi connectivity index (χ1n) is 9.51. The second-order valence-corrected chi connectivity index (χ2v) is 6.96. The number of aryl methyl sites for hydroxylation is 1. The number of likely N-dealkylation sites (tertiary alicyclic amines) is 1. The molecule has 0 saturated carbocycles. The van der Waals surface area contributed by atoms with Crippen LogP contribution in [0.15, 0.2) is 54.6 Å². The molecule has 1 unspecified atom stereocenters. The Morgan fingerprint density at radius 1 is 1.04 bits per heavy atom. The van der Waals surface area contributed by atoms with E-state index in [0.29, 0.717) is 18.4 Å². The number of halogens is 1. The largest absolute Gasteiger partial charge is 0.340 e. The fourth-order valence-electron chi connectivity index (χ4n) is 3.60. The average molecular weight is 354 g/mol. The summed E-state index contributed by atoms with van der Waals surface area (Å²) in [5.74, 6) is 0.0889. The van der Waals surface area contributed by atoms with Crippen molar-refractivity contribution in [2.45, 2.75) is 44.7 Å². The van der Waals surface area contributed by atoms with Gasteiger partial charge in [0.1, 0.15) is 5.82 Å². The molecular formula is C22H27FN2O. The Kier molecular flexibility index (Phi) is 6.78. The first-order chi connectivity index (χ1) is 12.7. The third kappa shape index (κ3) is 5.40. The molecule has 1 amide bonds. The van der Waals surface area contributed by atoms with Gasteiger partial charge in [-0.05, 0) is 55.5 Å². The minimum atomic E-state index is -0.204. The van der Waals surface area contributed by atoms with Crippen molar-refractivity contribution in [2.24, 2.45) is 0 Å². The van der Waals surface area contributed by atoms with Crippen LogP contribution in [-0.4, -0.2) is 29.9 Å². The molecule has 0 radical (unpaired) electrons. The van der Waals surface area contributed by atoms with Crippen LogP contribution in [0.2, 0.25) is 0 Å². The predicted molar refractivity (Wildman–Crippen MR) is 102 cm³/mol. The fourth-order valence-corrected chi connectivity index (χ4v) is 3.60. The van der Waals surface area contributed by atoms with Crippen LogP contribution in [0.3, 0.4) is 0 Å². The Labute approximate surface area is 155 Å². The number of nitrogens with one attached hydrogen (secondary N) is 1. The van der Waals surface area contributed by atoms with Crippen LogP contribution >= 0.6 is 0 Å². The lowest BCUT2D eigenvalue weighted by Crippen LogP contribution is -2.36. The monoisotopic (exact) mass is 354 g/mol. The highest BCUT2D eigenvalue weighted by molar-refractivity contribution is 5.78. The van der Waals surface area contributed by atoms with Gasteiger partial charge in [-0.25, -0.2) is 4.39 Å². The van der Waals surface area contributed by atoms with Crippen LogP contribution in [0.1, 0.15) is 36.8 Å². The molecule has 2 aromatic carbocycles. The molecule has 26 heavy (non-hydrogen) atoms. The summed E-state index contributed by atoms with van der Waals surface area (Å²) < 4.78 is 12.9. The van der Waals surface area contributed by atoms with Crippen molar-refractivity contribution in [1.82, 2.24) is 10.2 Å². The maximum Gasteiger partial charge on any atom is 0.222 e. The highest BCUT2D eigenvalue weighted by Gasteiger charge is 2.29. The van der Waals surface area contributed by atoms with Gasteiger partial charge in [-0.2, -0.15) is 0 Å². The predicted octanol–water partition coefficient (Wildman–Crippen LogP) is 3.93. The lowest BCUT2D eigenvalue weighted by atomic mass is 10.1. The minimum absolute atomic E-state index is 0.204. The lowest BCUT2D eigenvalue weighted by Gasteiger charge is -2.25. The molecule has 0 spiro atoms. The van der Waals surface area contributed by atoms with Gasteiger partial charge in [0.25, 0.3) is 0 Å². The summed E-state index contributed by atoms with van der Waals surface area (Å²) in [6.07, 6.45) is 4.63. The molecule has 1 atom stereocenters. The molecule has 1 aliphatic rings. The standard InChI is InChI=1S/C22H27FN2O/c23-20-10-8-19(9-11-20)17-24-15-14-21-12-13-22(26)25(21)16-4-7-18-5-2-1-3-6-18/h1-3,5-6,8-11,21,24H,4,7,12-17H2. The molecule has 1 N–H and O–H groups in total. The van der Waals surface area contributed by atoms with E-state index in [-0.39, 0.29) is 5.82 Å². The maximum atomic E-state index is 12.9. The molecule has 3 nitrogen and oxygen atoms in total. The van der Waals surface area contributed by atoms with E-state index >= 15 is 0 Å². The van der Waals surface area contributed by atoms with Crippen LogP contribution in [-0.2, 0) is 17.8 Å². The van der Waals surface area contributed by atoms with E-state index in [4.69, 9.17) is 0 Å². The smallest absolute Gasteiger partial charge is 0.222 e. The molecule has 2 aromatic rings. The van der Waals surface area contributed by atoms with Gasteiger partial charge in [0.05, 0.1) is 0 Å². The summed E-state index contributed by atoms with van der Waals surface area (Å²) in [4.78, 5) is 14.3. The summed E-state index contributed by atoms with van der Waals surface area (Å²) in [5, 5.41) is 3.40. The summed E-state index contributed by atoms with van der Waals surface area (Å²) in [6, 6.07) is 17.4. The second-order valence-electron chi connectivity index (χ2n) is 6.96. The van der Waals surface area contributed by atoms with Crippen molar-refractivity contribution in [1.29, 1.82) is 0 Å². The summed E-state index contributed by atoms with van der Waals surface area (Å²) in [6.45, 7) is 2.44. The number of carbonyl (C=O) groups excluding carboxylic acids is 1. The number of benzene rings is 2. The van der Waals surface area contributed by atoms with E-state index in [1.54, 1.807) is 12.1 Å². The molecule has 1 aliphatic heterocycles. The molecule has 138 valence electrons. The Morgan fingerprint density at radius 2 is 1.81 bits per heavy atom. The molecular weight excluding hydrogens is 327 g/mol. The highest BCUT2D eigenvalue weighted by atomic mass is 19.1. The van der Waals surface area contributed by atoms with Crippen molar-refractivity contribution in [2.75, 3.05) is 13.1 Å². The van der Waals surface area contributed by atoms with E-state index in [1.807, 2.05) is 6.07 Å². The molecule has 4 heteroatoms. The Morgan fingerprint density at radius 3 is 2.58 bits per heavy atom. The number of amides is 1. The zero-order valence-electron chi connectivity index (χ0n) is 15.2. The number of nitrogens with zero attached hydrogens (tertiary/aromatic N) is 1. The van der Waals surface area contributed by atoms with Gasteiger partial charge in [-0.15, -0.1) is 0 Å². The van der Waals surface area contributed by atoms with Crippen LogP contribution in [0.5, 0.6) is 0 Å². The zero-order valence-corrected chi connectivity index (χ0v) is 15.2. The maximum absolute atomic E-state index is 12.9. The summed E-state index contributed by atoms with van der Waals surface area (Å²) in [7, 11) is 0. The van der Waals surface area contributed by atoms with Gasteiger partial charge in [-0.1, -0.05) is 42.5 Å². The van der Waals surface area contributed by atoms with Gasteiger partial charge in [-0.3, -0.25) is 4.79 Å². The molecule has 0 aromatic heterocycles. The number of carbonyl (C=O) groups is 1. The number of rotatable bonds is 9. The third-order valence-electron chi connectivity index (χ3n) is 5.06. The Hall–Kier alpha value is -2.20. The number of hydrogen-bond donors (Lipinski definition) is 1. The van der Waals surface area contributed by atoms with Crippen molar-refractivity contribution in [3.05, 3.63) is 71.5 Å². The SMILES string of the molecule is O=C1CCC(CCNCc2ccc(F)cc2)N1CCCc1ccccc1. The van der Waals surface area contributed by atoms with E-state index in [0.717, 1.165) is 50.9 Å². The van der Waals surface area contributed by atoms with Crippen LogP contribution < -0.4 is 5.32 Å². The highest BCUT2D eigenvalue weighted by Crippen LogP contribution is 2.22. The van der Waals surface area contributed by atoms with Crippen molar-refractivity contribution < 1.29 is 9.18 Å². The molecule has 3 rings (SSSR count). The van der Waals surface area contributed by atoms with Gasteiger partial charge in [0.15, 0.2) is 0 Å². The van der Waals surface area contributed by atoms with Gasteiger partial charge < -0.3 is 10.2 Å². The average Bonchev–Trinajstić information content (AvgIpc) is 3.01. The van der Waals surface area contributed by atoms with E-state index in [1.165, 1.54) is 17.7 Å². The fraction of sp³-hybridized carbons (Fsp3) is 0.409. The van der Waals surface area contributed by atoms with Crippen molar-refractivity contribution in [3.8, 4) is 0 Å². The van der Waals surface area contributed by atoms with Gasteiger partial charge in [0.2, 0.25) is 5.91 Å². The van der Waals surface area contributed by atoms with Gasteiger partial charge in [0, 0.05) is 25.6 Å². The van der Waals surface area contributed by atoms with Crippen LogP contribution in [0, 0.1) is 5.82 Å². The van der Waals surface area contributed by atoms with E-state index in [9.17, 15) is 9.18 Å². The Balaban J connectivity index is 1.38. The normalized spacial score (nSPS) is 17.0. The van der Waals surface area contributed by atoms with E-state index < -0.39 is 0 Å².